The summed E-state index contributed by atoms with van der Waals surface area (Å²) in [5.74, 6) is -0.459. The maximum atomic E-state index is 13.6. The van der Waals surface area contributed by atoms with Crippen molar-refractivity contribution < 1.29 is 31.4 Å². The van der Waals surface area contributed by atoms with Crippen molar-refractivity contribution in [3.8, 4) is 0 Å². The Morgan fingerprint density at radius 2 is 1.53 bits per heavy atom. The van der Waals surface area contributed by atoms with E-state index >= 15 is 0 Å². The molecule has 1 unspecified atom stereocenters. The number of nitrogens with zero attached hydrogens (tertiary/aromatic N) is 2. The molecule has 2 aromatic rings. The molecule has 162 valence electrons. The van der Waals surface area contributed by atoms with E-state index in [1.807, 2.05) is 0 Å². The normalized spacial score (nSPS) is 14.9. The van der Waals surface area contributed by atoms with Crippen LogP contribution >= 0.6 is 15.9 Å². The molecule has 30 heavy (non-hydrogen) atoms. The highest BCUT2D eigenvalue weighted by molar-refractivity contribution is 9.10. The molecule has 0 radical (unpaired) electrons. The van der Waals surface area contributed by atoms with E-state index in [2.05, 4.69) is 27.5 Å². The molecule has 0 bridgehead atoms. The number of anilines is 1. The monoisotopic (exact) mass is 494 g/mol. The van der Waals surface area contributed by atoms with Crippen molar-refractivity contribution in [2.75, 3.05) is 11.9 Å². The van der Waals surface area contributed by atoms with Gasteiger partial charge in [0.2, 0.25) is 0 Å². The van der Waals surface area contributed by atoms with E-state index in [1.54, 1.807) is 24.3 Å². The average Bonchev–Trinajstić information content (AvgIpc) is 2.64. The van der Waals surface area contributed by atoms with Crippen LogP contribution in [0.3, 0.4) is 0 Å². The molecular formula is C20H17BrF6N2O. The average molecular weight is 495 g/mol. The lowest BCUT2D eigenvalue weighted by Gasteiger charge is -2.29. The van der Waals surface area contributed by atoms with Crippen molar-refractivity contribution in [1.29, 1.82) is 0 Å². The number of hydrogen-bond acceptors (Lipinski definition) is 2. The minimum absolute atomic E-state index is 0.355. The molecule has 0 aromatic heterocycles. The maximum Gasteiger partial charge on any atom is 0.422 e. The number of benzene rings is 2. The molecule has 1 N–H and O–H groups in total. The number of amidine groups is 1. The number of rotatable bonds is 4. The first-order valence-electron chi connectivity index (χ1n) is 8.39. The van der Waals surface area contributed by atoms with Crippen molar-refractivity contribution in [2.24, 2.45) is 4.99 Å². The first-order valence-corrected chi connectivity index (χ1v) is 9.18. The van der Waals surface area contributed by atoms with Gasteiger partial charge in [-0.05, 0) is 37.3 Å². The van der Waals surface area contributed by atoms with Gasteiger partial charge in [-0.25, -0.2) is 4.99 Å². The summed E-state index contributed by atoms with van der Waals surface area (Å²) < 4.78 is 80.9. The van der Waals surface area contributed by atoms with Crippen LogP contribution < -0.4 is 4.90 Å². The number of aliphatic imine (C=N–C) groups is 1. The molecule has 2 rings (SSSR count). The molecular weight excluding hydrogens is 478 g/mol. The summed E-state index contributed by atoms with van der Waals surface area (Å²) in [4.78, 5) is 4.91. The summed E-state index contributed by atoms with van der Waals surface area (Å²) in [6, 6.07) is 10.7. The summed E-state index contributed by atoms with van der Waals surface area (Å²) in [5.41, 5.74) is -5.69. The Bertz CT molecular complexity index is 949. The third kappa shape index (κ3) is 5.04. The first-order chi connectivity index (χ1) is 13.7. The zero-order valence-corrected chi connectivity index (χ0v) is 17.4. The predicted octanol–water partition coefficient (Wildman–Crippen LogP) is 6.18. The second kappa shape index (κ2) is 8.43. The van der Waals surface area contributed by atoms with Crippen LogP contribution in [0.2, 0.25) is 0 Å². The molecule has 2 aromatic carbocycles. The minimum atomic E-state index is -5.13. The van der Waals surface area contributed by atoms with E-state index in [0.29, 0.717) is 17.1 Å². The largest absolute Gasteiger partial charge is 0.422 e. The van der Waals surface area contributed by atoms with Crippen molar-refractivity contribution in [3.63, 3.8) is 0 Å². The molecule has 3 nitrogen and oxygen atoms in total. The van der Waals surface area contributed by atoms with E-state index in [9.17, 15) is 31.4 Å². The van der Waals surface area contributed by atoms with Gasteiger partial charge in [-0.1, -0.05) is 40.7 Å². The van der Waals surface area contributed by atoms with E-state index < -0.39 is 40.6 Å². The van der Waals surface area contributed by atoms with Gasteiger partial charge in [0, 0.05) is 22.8 Å². The van der Waals surface area contributed by atoms with Crippen LogP contribution in [0.25, 0.3) is 0 Å². The number of aliphatic hydroxyl groups is 1. The van der Waals surface area contributed by atoms with Crippen molar-refractivity contribution >= 4 is 27.5 Å². The Balaban J connectivity index is 2.72. The Morgan fingerprint density at radius 1 is 1.00 bits per heavy atom. The molecule has 1 atom stereocenters. The molecule has 0 saturated heterocycles. The lowest BCUT2D eigenvalue weighted by atomic mass is 10.0. The van der Waals surface area contributed by atoms with Gasteiger partial charge >= 0.3 is 12.4 Å². The fourth-order valence-corrected chi connectivity index (χ4v) is 2.69. The van der Waals surface area contributed by atoms with Gasteiger partial charge in [-0.3, -0.25) is 0 Å². The van der Waals surface area contributed by atoms with E-state index in [0.717, 1.165) is 18.2 Å². The second-order valence-corrected chi connectivity index (χ2v) is 7.45. The van der Waals surface area contributed by atoms with E-state index in [1.165, 1.54) is 18.0 Å². The Morgan fingerprint density at radius 3 is 2.03 bits per heavy atom. The molecule has 0 heterocycles. The van der Waals surface area contributed by atoms with Crippen LogP contribution in [0.4, 0.5) is 32.0 Å². The minimum Gasteiger partial charge on any atom is -0.375 e. The Kier molecular flexibility index (Phi) is 6.72. The standard InChI is InChI=1S/C20H17BrF6N2O/c1-12(18(2,30)20(25,26)27)28-17(29(3)14-10-8-13(21)9-11-14)15-6-4-5-7-16(15)19(22,23)24/h4-11,30H,1H2,2-3H3. The molecule has 0 aliphatic heterocycles. The van der Waals surface area contributed by atoms with Gasteiger partial charge in [-0.15, -0.1) is 0 Å². The van der Waals surface area contributed by atoms with Gasteiger partial charge in [0.05, 0.1) is 11.3 Å². The zero-order chi connectivity index (χ0) is 22.9. The van der Waals surface area contributed by atoms with E-state index in [4.69, 9.17) is 0 Å². The molecule has 0 aliphatic rings. The van der Waals surface area contributed by atoms with Crippen LogP contribution in [0.15, 0.2) is 70.3 Å². The smallest absolute Gasteiger partial charge is 0.375 e. The summed E-state index contributed by atoms with van der Waals surface area (Å²) in [7, 11) is 1.35. The van der Waals surface area contributed by atoms with Gasteiger partial charge < -0.3 is 10.0 Å². The van der Waals surface area contributed by atoms with Crippen LogP contribution in [-0.2, 0) is 6.18 Å². The number of alkyl halides is 6. The lowest BCUT2D eigenvalue weighted by Crippen LogP contribution is -2.44. The fourth-order valence-electron chi connectivity index (χ4n) is 2.43. The third-order valence-electron chi connectivity index (χ3n) is 4.36. The highest BCUT2D eigenvalue weighted by atomic mass is 79.9. The molecule has 10 heteroatoms. The fraction of sp³-hybridized carbons (Fsp3) is 0.250. The maximum absolute atomic E-state index is 13.6. The molecule has 0 saturated carbocycles. The van der Waals surface area contributed by atoms with Crippen LogP contribution in [0.5, 0.6) is 0 Å². The van der Waals surface area contributed by atoms with Crippen molar-refractivity contribution in [3.05, 3.63) is 76.4 Å². The van der Waals surface area contributed by atoms with Crippen LogP contribution in [-0.4, -0.2) is 29.8 Å². The summed E-state index contributed by atoms with van der Waals surface area (Å²) in [6.45, 7) is 3.60. The highest BCUT2D eigenvalue weighted by Gasteiger charge is 2.52. The summed E-state index contributed by atoms with van der Waals surface area (Å²) in [5, 5.41) is 9.85. The van der Waals surface area contributed by atoms with Crippen LogP contribution in [0, 0.1) is 0 Å². The predicted molar refractivity (Wildman–Crippen MR) is 106 cm³/mol. The SMILES string of the molecule is C=C(N=C(c1ccccc1C(F)(F)F)N(C)c1ccc(Br)cc1)C(C)(O)C(F)(F)F. The Labute approximate surface area is 177 Å². The number of halogens is 7. The van der Waals surface area contributed by atoms with Crippen molar-refractivity contribution in [2.45, 2.75) is 24.9 Å². The van der Waals surface area contributed by atoms with Gasteiger partial charge in [-0.2, -0.15) is 26.3 Å². The third-order valence-corrected chi connectivity index (χ3v) is 4.89. The van der Waals surface area contributed by atoms with Gasteiger partial charge in [0.25, 0.3) is 0 Å². The zero-order valence-electron chi connectivity index (χ0n) is 15.8. The number of hydrogen-bond donors (Lipinski definition) is 1. The van der Waals surface area contributed by atoms with Crippen LogP contribution in [0.1, 0.15) is 18.1 Å². The Hall–Kier alpha value is -2.33. The second-order valence-electron chi connectivity index (χ2n) is 6.53. The van der Waals surface area contributed by atoms with E-state index in [-0.39, 0.29) is 0 Å². The van der Waals surface area contributed by atoms with Gasteiger partial charge in [0.15, 0.2) is 5.60 Å². The highest BCUT2D eigenvalue weighted by Crippen LogP contribution is 2.37. The quantitative estimate of drug-likeness (QED) is 0.313. The first kappa shape index (κ1) is 23.9. The molecule has 0 amide bonds. The summed E-state index contributed by atoms with van der Waals surface area (Å²) >= 11 is 3.23. The molecule has 0 spiro atoms. The molecule has 0 aliphatic carbocycles. The topological polar surface area (TPSA) is 35.8 Å². The lowest BCUT2D eigenvalue weighted by molar-refractivity contribution is -0.237. The summed E-state index contributed by atoms with van der Waals surface area (Å²) in [6.07, 6.45) is -9.91. The van der Waals surface area contributed by atoms with Gasteiger partial charge in [0.1, 0.15) is 5.84 Å². The van der Waals surface area contributed by atoms with Crippen molar-refractivity contribution in [1.82, 2.24) is 0 Å². The molecule has 0 fully saturated rings.